The maximum absolute atomic E-state index is 13.4. The van der Waals surface area contributed by atoms with Crippen LogP contribution in [-0.4, -0.2) is 12.5 Å². The number of carbonyl (C=O) groups excluding carboxylic acids is 1. The number of benzene rings is 2. The Morgan fingerprint density at radius 2 is 1.89 bits per heavy atom. The Morgan fingerprint density at radius 3 is 2.57 bits per heavy atom. The van der Waals surface area contributed by atoms with Gasteiger partial charge < -0.3 is 10.1 Å². The van der Waals surface area contributed by atoms with Gasteiger partial charge in [0.2, 0.25) is 5.91 Å². The predicted octanol–water partition coefficient (Wildman–Crippen LogP) is 6.67. The summed E-state index contributed by atoms with van der Waals surface area (Å²) in [5.74, 6) is 0.921. The fourth-order valence-electron chi connectivity index (χ4n) is 4.09. The summed E-state index contributed by atoms with van der Waals surface area (Å²) in [6, 6.07) is 13.6. The van der Waals surface area contributed by atoms with E-state index in [1.807, 2.05) is 49.4 Å². The second-order valence-corrected chi connectivity index (χ2v) is 8.17. The lowest BCUT2D eigenvalue weighted by Gasteiger charge is -2.37. The van der Waals surface area contributed by atoms with E-state index in [0.717, 1.165) is 67.7 Å². The molecular weight excluding hydrogens is 370 g/mol. The van der Waals surface area contributed by atoms with Crippen LogP contribution in [0.25, 0.3) is 0 Å². The van der Waals surface area contributed by atoms with Gasteiger partial charge in [0.05, 0.1) is 12.0 Å². The van der Waals surface area contributed by atoms with E-state index in [-0.39, 0.29) is 5.91 Å². The minimum absolute atomic E-state index is 0.0411. The molecule has 2 aromatic rings. The van der Waals surface area contributed by atoms with Crippen LogP contribution in [0.4, 0.5) is 5.69 Å². The molecule has 150 valence electrons. The molecule has 0 spiro atoms. The molecule has 1 N–H and O–H groups in total. The standard InChI is InChI=1S/C24H30ClNO2/c1-3-4-16-28-22-13-12-19(17-18(22)2)26-23(27)24(14-8-5-9-15-24)20-10-6-7-11-21(20)25/h6-7,10-13,17H,3-5,8-9,14-16H2,1-2H3,(H,26,27). The number of aryl methyl sites for hydroxylation is 1. The van der Waals surface area contributed by atoms with Gasteiger partial charge in [-0.3, -0.25) is 4.79 Å². The molecule has 0 aromatic heterocycles. The summed E-state index contributed by atoms with van der Waals surface area (Å²) in [6.07, 6.45) is 7.07. The van der Waals surface area contributed by atoms with Crippen molar-refractivity contribution in [3.8, 4) is 5.75 Å². The van der Waals surface area contributed by atoms with E-state index in [0.29, 0.717) is 5.02 Å². The number of amides is 1. The SMILES string of the molecule is CCCCOc1ccc(NC(=O)C2(c3ccccc3Cl)CCCCC2)cc1C. The van der Waals surface area contributed by atoms with Gasteiger partial charge in [-0.05, 0) is 61.6 Å². The smallest absolute Gasteiger partial charge is 0.235 e. The van der Waals surface area contributed by atoms with Crippen LogP contribution in [0.2, 0.25) is 5.02 Å². The molecule has 0 heterocycles. The van der Waals surface area contributed by atoms with Crippen LogP contribution in [-0.2, 0) is 10.2 Å². The molecule has 0 radical (unpaired) electrons. The van der Waals surface area contributed by atoms with Crippen molar-refractivity contribution >= 4 is 23.2 Å². The van der Waals surface area contributed by atoms with Crippen LogP contribution in [0.15, 0.2) is 42.5 Å². The van der Waals surface area contributed by atoms with E-state index in [9.17, 15) is 4.79 Å². The highest BCUT2D eigenvalue weighted by atomic mass is 35.5. The summed E-state index contributed by atoms with van der Waals surface area (Å²) >= 11 is 6.50. The quantitative estimate of drug-likeness (QED) is 0.528. The van der Waals surface area contributed by atoms with Crippen LogP contribution in [0, 0.1) is 6.92 Å². The third-order valence-corrected chi connectivity index (χ3v) is 6.05. The molecule has 0 atom stereocenters. The average Bonchev–Trinajstić information content (AvgIpc) is 2.70. The normalized spacial score (nSPS) is 15.8. The van der Waals surface area contributed by atoms with Gasteiger partial charge in [0, 0.05) is 10.7 Å². The van der Waals surface area contributed by atoms with E-state index in [1.54, 1.807) is 0 Å². The van der Waals surface area contributed by atoms with Crippen molar-refractivity contribution in [3.63, 3.8) is 0 Å². The molecule has 1 amide bonds. The third-order valence-electron chi connectivity index (χ3n) is 5.72. The summed E-state index contributed by atoms with van der Waals surface area (Å²) < 4.78 is 5.83. The van der Waals surface area contributed by atoms with Crippen molar-refractivity contribution in [2.24, 2.45) is 0 Å². The zero-order valence-corrected chi connectivity index (χ0v) is 17.6. The predicted molar refractivity (Wildman–Crippen MR) is 116 cm³/mol. The molecule has 1 saturated carbocycles. The highest BCUT2D eigenvalue weighted by Crippen LogP contribution is 2.43. The van der Waals surface area contributed by atoms with E-state index < -0.39 is 5.41 Å². The first kappa shape index (κ1) is 20.7. The van der Waals surface area contributed by atoms with Crippen molar-refractivity contribution < 1.29 is 9.53 Å². The van der Waals surface area contributed by atoms with Gasteiger partial charge in [-0.25, -0.2) is 0 Å². The molecule has 1 aliphatic rings. The Kier molecular flexibility index (Phi) is 7.01. The summed E-state index contributed by atoms with van der Waals surface area (Å²) in [4.78, 5) is 13.4. The summed E-state index contributed by atoms with van der Waals surface area (Å²) in [6.45, 7) is 4.88. The number of unbranched alkanes of at least 4 members (excludes halogenated alkanes) is 1. The highest BCUT2D eigenvalue weighted by Gasteiger charge is 2.42. The fourth-order valence-corrected chi connectivity index (χ4v) is 4.41. The van der Waals surface area contributed by atoms with Crippen LogP contribution < -0.4 is 10.1 Å². The van der Waals surface area contributed by atoms with Gasteiger partial charge in [0.25, 0.3) is 0 Å². The van der Waals surface area contributed by atoms with Crippen LogP contribution in [0.3, 0.4) is 0 Å². The second kappa shape index (κ2) is 9.47. The molecule has 3 rings (SSSR count). The maximum atomic E-state index is 13.4. The summed E-state index contributed by atoms with van der Waals surface area (Å²) in [5, 5.41) is 3.84. The lowest BCUT2D eigenvalue weighted by molar-refractivity contribution is -0.122. The topological polar surface area (TPSA) is 38.3 Å². The molecule has 1 fully saturated rings. The summed E-state index contributed by atoms with van der Waals surface area (Å²) in [5.41, 5.74) is 2.23. The largest absolute Gasteiger partial charge is 0.493 e. The van der Waals surface area contributed by atoms with Crippen LogP contribution in [0.1, 0.15) is 63.0 Å². The number of anilines is 1. The number of nitrogens with one attached hydrogen (secondary N) is 1. The van der Waals surface area contributed by atoms with Gasteiger partial charge in [0.1, 0.15) is 5.75 Å². The molecule has 2 aromatic carbocycles. The molecule has 3 nitrogen and oxygen atoms in total. The first-order chi connectivity index (χ1) is 13.6. The Labute approximate surface area is 173 Å². The third kappa shape index (κ3) is 4.52. The van der Waals surface area contributed by atoms with Crippen molar-refractivity contribution in [3.05, 3.63) is 58.6 Å². The van der Waals surface area contributed by atoms with Gasteiger partial charge in [0.15, 0.2) is 0 Å². The van der Waals surface area contributed by atoms with Gasteiger partial charge in [-0.2, -0.15) is 0 Å². The van der Waals surface area contributed by atoms with Crippen LogP contribution in [0.5, 0.6) is 5.75 Å². The Balaban J connectivity index is 1.81. The molecule has 28 heavy (non-hydrogen) atoms. The number of carbonyl (C=O) groups is 1. The number of rotatable bonds is 7. The average molecular weight is 400 g/mol. The highest BCUT2D eigenvalue weighted by molar-refractivity contribution is 6.31. The van der Waals surface area contributed by atoms with Crippen LogP contribution >= 0.6 is 11.6 Å². The molecule has 0 saturated heterocycles. The van der Waals surface area contributed by atoms with Gasteiger partial charge in [-0.15, -0.1) is 0 Å². The summed E-state index contributed by atoms with van der Waals surface area (Å²) in [7, 11) is 0. The fraction of sp³-hybridized carbons (Fsp3) is 0.458. The van der Waals surface area contributed by atoms with Crippen molar-refractivity contribution in [1.82, 2.24) is 0 Å². The minimum atomic E-state index is -0.555. The number of hydrogen-bond donors (Lipinski definition) is 1. The first-order valence-corrected chi connectivity index (χ1v) is 10.7. The lowest BCUT2D eigenvalue weighted by Crippen LogP contribution is -2.42. The minimum Gasteiger partial charge on any atom is -0.493 e. The monoisotopic (exact) mass is 399 g/mol. The van der Waals surface area contributed by atoms with E-state index in [2.05, 4.69) is 12.2 Å². The molecule has 1 aliphatic carbocycles. The Hall–Kier alpha value is -2.00. The van der Waals surface area contributed by atoms with E-state index in [4.69, 9.17) is 16.3 Å². The zero-order valence-electron chi connectivity index (χ0n) is 16.9. The molecular formula is C24H30ClNO2. The number of hydrogen-bond acceptors (Lipinski definition) is 2. The van der Waals surface area contributed by atoms with Crippen molar-refractivity contribution in [1.29, 1.82) is 0 Å². The molecule has 0 aliphatic heterocycles. The Bertz CT molecular complexity index is 812. The van der Waals surface area contributed by atoms with Gasteiger partial charge in [-0.1, -0.05) is 62.4 Å². The molecule has 4 heteroatoms. The second-order valence-electron chi connectivity index (χ2n) is 7.76. The number of ether oxygens (including phenoxy) is 1. The zero-order chi connectivity index (χ0) is 20.0. The van der Waals surface area contributed by atoms with Crippen molar-refractivity contribution in [2.75, 3.05) is 11.9 Å². The van der Waals surface area contributed by atoms with Crippen molar-refractivity contribution in [2.45, 2.75) is 64.2 Å². The first-order valence-electron chi connectivity index (χ1n) is 10.4. The number of halogens is 1. The van der Waals surface area contributed by atoms with Gasteiger partial charge >= 0.3 is 0 Å². The lowest BCUT2D eigenvalue weighted by atomic mass is 9.68. The van der Waals surface area contributed by atoms with E-state index >= 15 is 0 Å². The van der Waals surface area contributed by atoms with E-state index in [1.165, 1.54) is 6.42 Å². The molecule has 0 bridgehead atoms. The molecule has 0 unspecified atom stereocenters. The maximum Gasteiger partial charge on any atom is 0.235 e. The Morgan fingerprint density at radius 1 is 1.14 bits per heavy atom.